The maximum Gasteiger partial charge on any atom is 0.410 e. The minimum absolute atomic E-state index is 0.226. The molecule has 1 aromatic carbocycles. The summed E-state index contributed by atoms with van der Waals surface area (Å²) in [4.78, 5) is 16.3. The van der Waals surface area contributed by atoms with Crippen molar-refractivity contribution in [2.75, 3.05) is 44.2 Å². The molecule has 3 rings (SSSR count). The van der Waals surface area contributed by atoms with Gasteiger partial charge in [0.1, 0.15) is 11.4 Å². The number of para-hydroxylation sites is 2. The van der Waals surface area contributed by atoms with Crippen LogP contribution in [0.3, 0.4) is 0 Å². The van der Waals surface area contributed by atoms with E-state index in [4.69, 9.17) is 9.47 Å². The van der Waals surface area contributed by atoms with Gasteiger partial charge in [-0.3, -0.25) is 0 Å². The van der Waals surface area contributed by atoms with Gasteiger partial charge in [-0.1, -0.05) is 12.1 Å². The lowest BCUT2D eigenvalue weighted by Crippen LogP contribution is -2.50. The van der Waals surface area contributed by atoms with Gasteiger partial charge in [0.05, 0.1) is 12.3 Å². The summed E-state index contributed by atoms with van der Waals surface area (Å²) in [6, 6.07) is 8.80. The van der Waals surface area contributed by atoms with Crippen molar-refractivity contribution in [3.05, 3.63) is 24.3 Å². The number of hydrogen-bond acceptors (Lipinski definition) is 5. The summed E-state index contributed by atoms with van der Waals surface area (Å²) in [6.07, 6.45) is 3.33. The third-order valence-electron chi connectivity index (χ3n) is 5.02. The Morgan fingerprint density at radius 2 is 1.93 bits per heavy atom. The highest BCUT2D eigenvalue weighted by Crippen LogP contribution is 2.29. The molecule has 0 aliphatic carbocycles. The minimum Gasteiger partial charge on any atom is -0.491 e. The van der Waals surface area contributed by atoms with Crippen LogP contribution in [0.2, 0.25) is 0 Å². The molecule has 0 spiro atoms. The van der Waals surface area contributed by atoms with E-state index in [-0.39, 0.29) is 6.09 Å². The number of nitrogens with one attached hydrogen (secondary N) is 1. The molecule has 1 aromatic rings. The van der Waals surface area contributed by atoms with Crippen LogP contribution in [0.4, 0.5) is 10.5 Å². The van der Waals surface area contributed by atoms with Crippen LogP contribution in [-0.2, 0) is 4.74 Å². The maximum atomic E-state index is 12.2. The Bertz CT molecular complexity index is 615. The number of piperazine rings is 1. The number of amides is 1. The van der Waals surface area contributed by atoms with Gasteiger partial charge < -0.3 is 24.6 Å². The lowest BCUT2D eigenvalue weighted by atomic mass is 10.2. The number of hydrogen-bond donors (Lipinski definition) is 1. The lowest BCUT2D eigenvalue weighted by Gasteiger charge is -2.37. The first-order valence-corrected chi connectivity index (χ1v) is 10.1. The van der Waals surface area contributed by atoms with Crippen LogP contribution in [0.25, 0.3) is 0 Å². The van der Waals surface area contributed by atoms with Crippen LogP contribution in [0.15, 0.2) is 24.3 Å². The van der Waals surface area contributed by atoms with Crippen LogP contribution < -0.4 is 15.0 Å². The Balaban J connectivity index is 1.52. The number of carbonyl (C=O) groups is 1. The van der Waals surface area contributed by atoms with Gasteiger partial charge in [-0.25, -0.2) is 4.79 Å². The molecule has 1 atom stereocenters. The molecule has 0 aromatic heterocycles. The third-order valence-corrected chi connectivity index (χ3v) is 5.02. The topological polar surface area (TPSA) is 54.0 Å². The summed E-state index contributed by atoms with van der Waals surface area (Å²) < 4.78 is 11.6. The molecule has 2 fully saturated rings. The fourth-order valence-electron chi connectivity index (χ4n) is 3.61. The number of ether oxygens (including phenoxy) is 2. The molecule has 1 unspecified atom stereocenters. The SMILES string of the molecule is CC(C)(C)OC(=O)N1CCN(c2ccccc2OCCC2CCCN2)CC1. The average Bonchev–Trinajstić information content (AvgIpc) is 3.14. The molecule has 1 N–H and O–H groups in total. The van der Waals surface area contributed by atoms with Crippen molar-refractivity contribution in [3.8, 4) is 5.75 Å². The molecule has 1 amide bonds. The van der Waals surface area contributed by atoms with Crippen molar-refractivity contribution in [3.63, 3.8) is 0 Å². The van der Waals surface area contributed by atoms with E-state index in [1.807, 2.05) is 39.0 Å². The van der Waals surface area contributed by atoms with Crippen molar-refractivity contribution >= 4 is 11.8 Å². The molecule has 2 saturated heterocycles. The second-order valence-corrected chi connectivity index (χ2v) is 8.35. The first-order chi connectivity index (χ1) is 12.9. The first kappa shape index (κ1) is 19.8. The molecule has 0 radical (unpaired) electrons. The summed E-state index contributed by atoms with van der Waals surface area (Å²) in [5.74, 6) is 0.932. The molecule has 6 heteroatoms. The molecule has 150 valence electrons. The Morgan fingerprint density at radius 3 is 2.59 bits per heavy atom. The zero-order chi connectivity index (χ0) is 19.3. The van der Waals surface area contributed by atoms with Crippen LogP contribution in [0.5, 0.6) is 5.75 Å². The quantitative estimate of drug-likeness (QED) is 0.856. The molecule has 27 heavy (non-hydrogen) atoms. The van der Waals surface area contributed by atoms with Gasteiger partial charge in [-0.05, 0) is 58.7 Å². The molecule has 2 aliphatic heterocycles. The zero-order valence-electron chi connectivity index (χ0n) is 16.9. The highest BCUT2D eigenvalue weighted by atomic mass is 16.6. The van der Waals surface area contributed by atoms with E-state index < -0.39 is 5.60 Å². The highest BCUT2D eigenvalue weighted by molar-refractivity contribution is 5.69. The Kier molecular flexibility index (Phi) is 6.47. The highest BCUT2D eigenvalue weighted by Gasteiger charge is 2.26. The predicted molar refractivity (Wildman–Crippen MR) is 108 cm³/mol. The Morgan fingerprint density at radius 1 is 1.19 bits per heavy atom. The fourth-order valence-corrected chi connectivity index (χ4v) is 3.61. The summed E-state index contributed by atoms with van der Waals surface area (Å²) >= 11 is 0. The van der Waals surface area contributed by atoms with Crippen LogP contribution in [-0.4, -0.2) is 62.0 Å². The van der Waals surface area contributed by atoms with Crippen molar-refractivity contribution < 1.29 is 14.3 Å². The molecule has 0 saturated carbocycles. The van der Waals surface area contributed by atoms with Crippen molar-refractivity contribution in [2.45, 2.75) is 51.7 Å². The van der Waals surface area contributed by atoms with E-state index in [0.717, 1.165) is 44.1 Å². The van der Waals surface area contributed by atoms with E-state index in [2.05, 4.69) is 16.3 Å². The summed E-state index contributed by atoms with van der Waals surface area (Å²) in [5.41, 5.74) is 0.656. The van der Waals surface area contributed by atoms with Gasteiger partial charge in [-0.15, -0.1) is 0 Å². The lowest BCUT2D eigenvalue weighted by molar-refractivity contribution is 0.0240. The second-order valence-electron chi connectivity index (χ2n) is 8.35. The fraction of sp³-hybridized carbons (Fsp3) is 0.667. The van der Waals surface area contributed by atoms with Gasteiger partial charge in [0.25, 0.3) is 0 Å². The monoisotopic (exact) mass is 375 g/mol. The standard InChI is InChI=1S/C21H33N3O3/c1-21(2,3)27-20(25)24-14-12-23(13-15-24)18-8-4-5-9-19(18)26-16-10-17-7-6-11-22-17/h4-5,8-9,17,22H,6-7,10-16H2,1-3H3. The van der Waals surface area contributed by atoms with Gasteiger partial charge in [0.2, 0.25) is 0 Å². The molecular weight excluding hydrogens is 342 g/mol. The van der Waals surface area contributed by atoms with Crippen LogP contribution in [0.1, 0.15) is 40.0 Å². The number of anilines is 1. The first-order valence-electron chi connectivity index (χ1n) is 10.1. The molecule has 2 aliphatic rings. The Hall–Kier alpha value is -1.95. The van der Waals surface area contributed by atoms with Crippen molar-refractivity contribution in [2.24, 2.45) is 0 Å². The Labute approximate surface area is 162 Å². The largest absolute Gasteiger partial charge is 0.491 e. The van der Waals surface area contributed by atoms with Crippen molar-refractivity contribution in [1.82, 2.24) is 10.2 Å². The van der Waals surface area contributed by atoms with Gasteiger partial charge in [0.15, 0.2) is 0 Å². The summed E-state index contributed by atoms with van der Waals surface area (Å²) in [5, 5.41) is 3.51. The van der Waals surface area contributed by atoms with E-state index in [9.17, 15) is 4.79 Å². The second kappa shape index (κ2) is 8.83. The maximum absolute atomic E-state index is 12.2. The van der Waals surface area contributed by atoms with Gasteiger partial charge in [-0.2, -0.15) is 0 Å². The molecule has 0 bridgehead atoms. The summed E-state index contributed by atoms with van der Waals surface area (Å²) in [6.45, 7) is 10.4. The normalized spacial score (nSPS) is 20.6. The number of nitrogens with zero attached hydrogens (tertiary/aromatic N) is 2. The number of rotatable bonds is 5. The smallest absolute Gasteiger partial charge is 0.410 e. The number of benzene rings is 1. The number of carbonyl (C=O) groups excluding carboxylic acids is 1. The van der Waals surface area contributed by atoms with Crippen LogP contribution in [0, 0.1) is 0 Å². The zero-order valence-corrected chi connectivity index (χ0v) is 16.9. The van der Waals surface area contributed by atoms with Crippen LogP contribution >= 0.6 is 0 Å². The van der Waals surface area contributed by atoms with Gasteiger partial charge in [0, 0.05) is 32.2 Å². The summed E-state index contributed by atoms with van der Waals surface area (Å²) in [7, 11) is 0. The minimum atomic E-state index is -0.456. The average molecular weight is 376 g/mol. The van der Waals surface area contributed by atoms with Crippen molar-refractivity contribution in [1.29, 1.82) is 0 Å². The van der Waals surface area contributed by atoms with E-state index in [1.54, 1.807) is 4.90 Å². The van der Waals surface area contributed by atoms with E-state index >= 15 is 0 Å². The van der Waals surface area contributed by atoms with E-state index in [1.165, 1.54) is 12.8 Å². The molecular formula is C21H33N3O3. The van der Waals surface area contributed by atoms with Gasteiger partial charge >= 0.3 is 6.09 Å². The molecule has 6 nitrogen and oxygen atoms in total. The molecule has 2 heterocycles. The third kappa shape index (κ3) is 5.76. The predicted octanol–water partition coefficient (Wildman–Crippen LogP) is 3.26. The van der Waals surface area contributed by atoms with E-state index in [0.29, 0.717) is 19.1 Å².